The molecule has 1 aromatic heterocycles. The Morgan fingerprint density at radius 1 is 1.47 bits per heavy atom. The molecule has 2 rings (SSSR count). The monoisotopic (exact) mass is 246 g/mol. The molecule has 1 fully saturated rings. The van der Waals surface area contributed by atoms with Gasteiger partial charge in [0.2, 0.25) is 0 Å². The van der Waals surface area contributed by atoms with Crippen molar-refractivity contribution in [2.45, 2.75) is 12.5 Å². The topological polar surface area (TPSA) is 59.1 Å². The van der Waals surface area contributed by atoms with Crippen LogP contribution in [0, 0.1) is 0 Å². The second-order valence-electron chi connectivity index (χ2n) is 3.61. The van der Waals surface area contributed by atoms with E-state index < -0.39 is 9.84 Å². The van der Waals surface area contributed by atoms with Crippen LogP contribution < -0.4 is 5.32 Å². The molecule has 0 saturated carbocycles. The Morgan fingerprint density at radius 3 is 2.80 bits per heavy atom. The lowest BCUT2D eigenvalue weighted by Crippen LogP contribution is -2.21. The van der Waals surface area contributed by atoms with Crippen molar-refractivity contribution in [2.24, 2.45) is 0 Å². The number of nitrogens with one attached hydrogen (secondary N) is 1. The first kappa shape index (κ1) is 10.7. The summed E-state index contributed by atoms with van der Waals surface area (Å²) in [6.45, 7) is 0. The van der Waals surface area contributed by atoms with Crippen molar-refractivity contribution in [3.63, 3.8) is 0 Å². The summed E-state index contributed by atoms with van der Waals surface area (Å²) in [5.74, 6) is 1.12. The van der Waals surface area contributed by atoms with Crippen LogP contribution in [-0.4, -0.2) is 30.9 Å². The first-order valence-electron chi connectivity index (χ1n) is 4.64. The van der Waals surface area contributed by atoms with Crippen molar-refractivity contribution in [1.29, 1.82) is 0 Å². The maximum atomic E-state index is 11.2. The number of hydrogen-bond acceptors (Lipinski definition) is 4. The van der Waals surface area contributed by atoms with Gasteiger partial charge in [-0.25, -0.2) is 13.4 Å². The molecule has 1 aliphatic rings. The summed E-state index contributed by atoms with van der Waals surface area (Å²) >= 11 is 5.69. The summed E-state index contributed by atoms with van der Waals surface area (Å²) in [6, 6.07) is 3.44. The maximum absolute atomic E-state index is 11.2. The molecule has 82 valence electrons. The van der Waals surface area contributed by atoms with Crippen LogP contribution in [0.15, 0.2) is 18.3 Å². The van der Waals surface area contributed by atoms with E-state index in [-0.39, 0.29) is 17.5 Å². The maximum Gasteiger partial charge on any atom is 0.152 e. The predicted molar refractivity (Wildman–Crippen MR) is 59.9 cm³/mol. The highest BCUT2D eigenvalue weighted by Gasteiger charge is 2.27. The molecule has 1 N–H and O–H groups in total. The Kier molecular flexibility index (Phi) is 2.84. The Labute approximate surface area is 93.6 Å². The van der Waals surface area contributed by atoms with Crippen molar-refractivity contribution in [1.82, 2.24) is 4.98 Å². The van der Waals surface area contributed by atoms with Crippen molar-refractivity contribution in [3.05, 3.63) is 23.4 Å². The van der Waals surface area contributed by atoms with Gasteiger partial charge < -0.3 is 5.32 Å². The first-order valence-corrected chi connectivity index (χ1v) is 6.84. The molecule has 4 nitrogen and oxygen atoms in total. The highest BCUT2D eigenvalue weighted by Crippen LogP contribution is 2.17. The molecule has 1 atom stereocenters. The van der Waals surface area contributed by atoms with Gasteiger partial charge in [-0.15, -0.1) is 0 Å². The van der Waals surface area contributed by atoms with E-state index in [1.807, 2.05) is 0 Å². The van der Waals surface area contributed by atoms with Crippen molar-refractivity contribution < 1.29 is 8.42 Å². The minimum absolute atomic E-state index is 0.0244. The lowest BCUT2D eigenvalue weighted by molar-refractivity contribution is 0.602. The Balaban J connectivity index is 2.02. The average Bonchev–Trinajstić information content (AvgIpc) is 2.50. The number of halogens is 1. The molecular formula is C9H11ClN2O2S. The third-order valence-electron chi connectivity index (χ3n) is 2.31. The molecule has 6 heteroatoms. The third-order valence-corrected chi connectivity index (χ3v) is 4.30. The number of anilines is 1. The number of pyridine rings is 1. The molecule has 1 unspecified atom stereocenters. The number of sulfone groups is 1. The number of nitrogens with zero attached hydrogens (tertiary/aromatic N) is 1. The first-order chi connectivity index (χ1) is 7.05. The second kappa shape index (κ2) is 3.98. The van der Waals surface area contributed by atoms with Gasteiger partial charge in [-0.2, -0.15) is 0 Å². The quantitative estimate of drug-likeness (QED) is 0.856. The lowest BCUT2D eigenvalue weighted by Gasteiger charge is -2.10. The van der Waals surface area contributed by atoms with Crippen LogP contribution in [-0.2, 0) is 9.84 Å². The van der Waals surface area contributed by atoms with E-state index in [2.05, 4.69) is 10.3 Å². The average molecular weight is 247 g/mol. The van der Waals surface area contributed by atoms with E-state index in [1.165, 1.54) is 6.20 Å². The fourth-order valence-electron chi connectivity index (χ4n) is 1.58. The summed E-state index contributed by atoms with van der Waals surface area (Å²) in [4.78, 5) is 4.05. The van der Waals surface area contributed by atoms with Crippen molar-refractivity contribution in [3.8, 4) is 0 Å². The van der Waals surface area contributed by atoms with E-state index in [1.54, 1.807) is 12.1 Å². The standard InChI is InChI=1S/C9H11ClN2O2S/c10-7-1-2-9(11-5-7)12-8-3-4-15(13,14)6-8/h1-2,5,8H,3-4,6H2,(H,11,12). The van der Waals surface area contributed by atoms with Crippen LogP contribution in [0.2, 0.25) is 5.02 Å². The van der Waals surface area contributed by atoms with Crippen molar-refractivity contribution >= 4 is 27.3 Å². The van der Waals surface area contributed by atoms with Gasteiger partial charge in [0.25, 0.3) is 0 Å². The minimum Gasteiger partial charge on any atom is -0.366 e. The van der Waals surface area contributed by atoms with Gasteiger partial charge >= 0.3 is 0 Å². The molecule has 0 aliphatic carbocycles. The second-order valence-corrected chi connectivity index (χ2v) is 6.27. The van der Waals surface area contributed by atoms with Crippen molar-refractivity contribution in [2.75, 3.05) is 16.8 Å². The summed E-state index contributed by atoms with van der Waals surface area (Å²) in [7, 11) is -2.84. The SMILES string of the molecule is O=S1(=O)CCC(Nc2ccc(Cl)cn2)C1. The molecular weight excluding hydrogens is 236 g/mol. The van der Waals surface area contributed by atoms with Crippen LogP contribution in [0.4, 0.5) is 5.82 Å². The molecule has 1 aromatic rings. The molecule has 0 bridgehead atoms. The Bertz CT molecular complexity index is 444. The van der Waals surface area contributed by atoms with Crippen LogP contribution in [0.25, 0.3) is 0 Å². The summed E-state index contributed by atoms with van der Waals surface area (Å²) in [6.07, 6.45) is 2.18. The molecule has 2 heterocycles. The van der Waals surface area contributed by atoms with Gasteiger partial charge in [-0.1, -0.05) is 11.6 Å². The van der Waals surface area contributed by atoms with Gasteiger partial charge in [-0.3, -0.25) is 0 Å². The predicted octanol–water partition coefficient (Wildman–Crippen LogP) is 1.33. The smallest absolute Gasteiger partial charge is 0.152 e. The minimum atomic E-state index is -2.84. The van der Waals surface area contributed by atoms with E-state index in [0.29, 0.717) is 17.3 Å². The fraction of sp³-hybridized carbons (Fsp3) is 0.444. The largest absolute Gasteiger partial charge is 0.366 e. The van der Waals surface area contributed by atoms with E-state index in [9.17, 15) is 8.42 Å². The third kappa shape index (κ3) is 2.82. The fourth-order valence-corrected chi connectivity index (χ4v) is 3.36. The highest BCUT2D eigenvalue weighted by molar-refractivity contribution is 7.91. The van der Waals surface area contributed by atoms with Gasteiger partial charge in [-0.05, 0) is 18.6 Å². The lowest BCUT2D eigenvalue weighted by atomic mass is 10.2. The zero-order valence-corrected chi connectivity index (χ0v) is 9.55. The van der Waals surface area contributed by atoms with Crippen LogP contribution in [0.3, 0.4) is 0 Å². The Hall–Kier alpha value is -0.810. The van der Waals surface area contributed by atoms with Crippen LogP contribution >= 0.6 is 11.6 Å². The van der Waals surface area contributed by atoms with Gasteiger partial charge in [0.15, 0.2) is 9.84 Å². The summed E-state index contributed by atoms with van der Waals surface area (Å²) in [5.41, 5.74) is 0. The highest BCUT2D eigenvalue weighted by atomic mass is 35.5. The van der Waals surface area contributed by atoms with E-state index in [4.69, 9.17) is 11.6 Å². The molecule has 0 amide bonds. The number of hydrogen-bond donors (Lipinski definition) is 1. The number of rotatable bonds is 2. The number of aromatic nitrogens is 1. The molecule has 0 radical (unpaired) electrons. The summed E-state index contributed by atoms with van der Waals surface area (Å²) < 4.78 is 22.4. The van der Waals surface area contributed by atoms with Crippen LogP contribution in [0.1, 0.15) is 6.42 Å². The summed E-state index contributed by atoms with van der Waals surface area (Å²) in [5, 5.41) is 3.64. The van der Waals surface area contributed by atoms with E-state index >= 15 is 0 Å². The molecule has 0 spiro atoms. The molecule has 15 heavy (non-hydrogen) atoms. The zero-order chi connectivity index (χ0) is 10.9. The van der Waals surface area contributed by atoms with E-state index in [0.717, 1.165) is 0 Å². The zero-order valence-electron chi connectivity index (χ0n) is 7.98. The molecule has 1 aliphatic heterocycles. The molecule has 1 saturated heterocycles. The van der Waals surface area contributed by atoms with Gasteiger partial charge in [0.1, 0.15) is 5.82 Å². The van der Waals surface area contributed by atoms with Crippen LogP contribution in [0.5, 0.6) is 0 Å². The Morgan fingerprint density at radius 2 is 2.27 bits per heavy atom. The van der Waals surface area contributed by atoms with Gasteiger partial charge in [0.05, 0.1) is 16.5 Å². The van der Waals surface area contributed by atoms with Gasteiger partial charge in [0, 0.05) is 12.2 Å². The normalized spacial score (nSPS) is 23.9. The molecule has 0 aromatic carbocycles.